The predicted octanol–water partition coefficient (Wildman–Crippen LogP) is 4.22. The molecule has 0 radical (unpaired) electrons. The van der Waals surface area contributed by atoms with E-state index in [0.29, 0.717) is 11.0 Å². The first-order valence-electron chi connectivity index (χ1n) is 8.43. The Kier molecular flexibility index (Phi) is 4.77. The van der Waals surface area contributed by atoms with Crippen LogP contribution in [0.15, 0.2) is 18.2 Å². The molecule has 0 spiro atoms. The second-order valence-electron chi connectivity index (χ2n) is 7.42. The zero-order valence-electron chi connectivity index (χ0n) is 13.2. The third kappa shape index (κ3) is 3.17. The first kappa shape index (κ1) is 16.2. The van der Waals surface area contributed by atoms with Gasteiger partial charge in [0.05, 0.1) is 5.02 Å². The van der Waals surface area contributed by atoms with Crippen LogP contribution in [0.2, 0.25) is 5.02 Å². The predicted molar refractivity (Wildman–Crippen MR) is 89.7 cm³/mol. The van der Waals surface area contributed by atoms with Crippen molar-refractivity contribution in [2.45, 2.75) is 63.5 Å². The van der Waals surface area contributed by atoms with Gasteiger partial charge in [-0.15, -0.1) is 0 Å². The number of hydrogen-bond acceptors (Lipinski definition) is 2. The summed E-state index contributed by atoms with van der Waals surface area (Å²) in [4.78, 5) is 0. The van der Waals surface area contributed by atoms with Crippen molar-refractivity contribution in [3.05, 3.63) is 34.6 Å². The number of benzene rings is 1. The average Bonchev–Trinajstić information content (AvgIpc) is 2.83. The molecular formula is C18H26ClFN2. The molecule has 3 rings (SSSR count). The largest absolute Gasteiger partial charge is 0.326 e. The van der Waals surface area contributed by atoms with E-state index in [1.165, 1.54) is 32.1 Å². The maximum absolute atomic E-state index is 14.3. The molecular weight excluding hydrogens is 299 g/mol. The molecule has 1 aliphatic carbocycles. The van der Waals surface area contributed by atoms with Crippen LogP contribution in [0.3, 0.4) is 0 Å². The summed E-state index contributed by atoms with van der Waals surface area (Å²) < 4.78 is 14.3. The van der Waals surface area contributed by atoms with Gasteiger partial charge in [-0.05, 0) is 36.3 Å². The third-order valence-corrected chi connectivity index (χ3v) is 5.98. The number of hydrogen-bond donors (Lipinski definition) is 2. The molecule has 2 aliphatic rings. The van der Waals surface area contributed by atoms with Crippen molar-refractivity contribution < 1.29 is 4.39 Å². The van der Waals surface area contributed by atoms with Crippen molar-refractivity contribution in [3.63, 3.8) is 0 Å². The Balaban J connectivity index is 1.72. The maximum Gasteiger partial charge on any atom is 0.145 e. The maximum atomic E-state index is 14.3. The minimum atomic E-state index is -0.309. The Bertz CT molecular complexity index is 528. The molecule has 3 unspecified atom stereocenters. The van der Waals surface area contributed by atoms with E-state index >= 15 is 0 Å². The van der Waals surface area contributed by atoms with Crippen LogP contribution in [0.5, 0.6) is 0 Å². The number of halogens is 2. The lowest BCUT2D eigenvalue weighted by Gasteiger charge is -2.37. The quantitative estimate of drug-likeness (QED) is 0.873. The Morgan fingerprint density at radius 3 is 2.77 bits per heavy atom. The normalized spacial score (nSPS) is 31.4. The van der Waals surface area contributed by atoms with Gasteiger partial charge in [0, 0.05) is 24.5 Å². The molecule has 1 saturated heterocycles. The van der Waals surface area contributed by atoms with Crippen LogP contribution in [-0.2, 0) is 0 Å². The van der Waals surface area contributed by atoms with Crippen LogP contribution in [-0.4, -0.2) is 18.6 Å². The van der Waals surface area contributed by atoms with E-state index in [0.717, 1.165) is 13.0 Å². The molecule has 3 atom stereocenters. The molecule has 0 bridgehead atoms. The van der Waals surface area contributed by atoms with Gasteiger partial charge in [0.25, 0.3) is 0 Å². The Labute approximate surface area is 137 Å². The summed E-state index contributed by atoms with van der Waals surface area (Å²) >= 11 is 5.92. The molecule has 22 heavy (non-hydrogen) atoms. The second kappa shape index (κ2) is 6.46. The van der Waals surface area contributed by atoms with Gasteiger partial charge in [-0.25, -0.2) is 4.39 Å². The van der Waals surface area contributed by atoms with Gasteiger partial charge in [-0.1, -0.05) is 49.9 Å². The molecule has 1 aromatic rings. The van der Waals surface area contributed by atoms with Gasteiger partial charge in [-0.3, -0.25) is 0 Å². The fourth-order valence-electron chi connectivity index (χ4n) is 4.30. The van der Waals surface area contributed by atoms with Crippen molar-refractivity contribution in [3.8, 4) is 0 Å². The summed E-state index contributed by atoms with van der Waals surface area (Å²) in [6, 6.07) is 5.44. The van der Waals surface area contributed by atoms with E-state index in [-0.39, 0.29) is 28.8 Å². The summed E-state index contributed by atoms with van der Waals surface area (Å²) in [7, 11) is 0. The minimum absolute atomic E-state index is 0.0101. The van der Waals surface area contributed by atoms with Crippen LogP contribution in [0.4, 0.5) is 4.39 Å². The van der Waals surface area contributed by atoms with Gasteiger partial charge in [0.15, 0.2) is 0 Å². The Morgan fingerprint density at radius 2 is 2.05 bits per heavy atom. The zero-order valence-corrected chi connectivity index (χ0v) is 14.0. The summed E-state index contributed by atoms with van der Waals surface area (Å²) in [6.45, 7) is 3.12. The highest BCUT2D eigenvalue weighted by Crippen LogP contribution is 2.42. The lowest BCUT2D eigenvalue weighted by Crippen LogP contribution is -2.42. The number of rotatable bonds is 3. The van der Waals surface area contributed by atoms with Crippen molar-refractivity contribution in [2.24, 2.45) is 11.1 Å². The van der Waals surface area contributed by atoms with Gasteiger partial charge in [0.1, 0.15) is 5.82 Å². The van der Waals surface area contributed by atoms with Gasteiger partial charge >= 0.3 is 0 Å². The summed E-state index contributed by atoms with van der Waals surface area (Å²) in [6.07, 6.45) is 7.67. The van der Waals surface area contributed by atoms with Gasteiger partial charge < -0.3 is 11.1 Å². The van der Waals surface area contributed by atoms with Crippen LogP contribution >= 0.6 is 11.6 Å². The monoisotopic (exact) mass is 324 g/mol. The summed E-state index contributed by atoms with van der Waals surface area (Å²) in [5.41, 5.74) is 7.52. The lowest BCUT2D eigenvalue weighted by atomic mass is 9.71. The van der Waals surface area contributed by atoms with E-state index in [9.17, 15) is 4.39 Å². The van der Waals surface area contributed by atoms with E-state index < -0.39 is 0 Å². The molecule has 2 nitrogen and oxygen atoms in total. The molecule has 0 amide bonds. The Hall–Kier alpha value is -0.640. The topological polar surface area (TPSA) is 38.0 Å². The van der Waals surface area contributed by atoms with Gasteiger partial charge in [-0.2, -0.15) is 0 Å². The van der Waals surface area contributed by atoms with Crippen molar-refractivity contribution in [2.75, 3.05) is 6.54 Å². The third-order valence-electron chi connectivity index (χ3n) is 5.68. The van der Waals surface area contributed by atoms with Crippen molar-refractivity contribution in [1.82, 2.24) is 5.32 Å². The van der Waals surface area contributed by atoms with E-state index in [2.05, 4.69) is 12.2 Å². The van der Waals surface area contributed by atoms with Gasteiger partial charge in [0.2, 0.25) is 0 Å². The molecule has 3 N–H and O–H groups in total. The first-order chi connectivity index (χ1) is 10.5. The molecule has 1 aromatic carbocycles. The first-order valence-corrected chi connectivity index (χ1v) is 8.81. The van der Waals surface area contributed by atoms with E-state index in [4.69, 9.17) is 17.3 Å². The second-order valence-corrected chi connectivity index (χ2v) is 7.82. The number of nitrogens with one attached hydrogen (secondary N) is 1. The zero-order chi connectivity index (χ0) is 15.7. The van der Waals surface area contributed by atoms with Crippen molar-refractivity contribution >= 4 is 11.6 Å². The Morgan fingerprint density at radius 1 is 1.32 bits per heavy atom. The van der Waals surface area contributed by atoms with E-state index in [1.807, 2.05) is 12.1 Å². The molecule has 0 aromatic heterocycles. The standard InChI is InChI=1S/C18H26ClFN2/c1-18(8-3-2-4-9-18)10-15-17(21)13(11-22-15)12-6-5-7-14(19)16(12)20/h5-7,13,15,17,22H,2-4,8-11,21H2,1H3. The highest BCUT2D eigenvalue weighted by atomic mass is 35.5. The molecule has 2 fully saturated rings. The summed E-state index contributed by atoms with van der Waals surface area (Å²) in [5.74, 6) is -0.299. The molecule has 122 valence electrons. The van der Waals surface area contributed by atoms with Crippen LogP contribution in [0.1, 0.15) is 56.9 Å². The van der Waals surface area contributed by atoms with Crippen LogP contribution in [0, 0.1) is 11.2 Å². The molecule has 1 saturated carbocycles. The summed E-state index contributed by atoms with van der Waals surface area (Å²) in [5, 5.41) is 3.73. The fourth-order valence-corrected chi connectivity index (χ4v) is 4.49. The smallest absolute Gasteiger partial charge is 0.145 e. The molecule has 4 heteroatoms. The highest BCUT2D eigenvalue weighted by Gasteiger charge is 2.39. The van der Waals surface area contributed by atoms with Crippen LogP contribution in [0.25, 0.3) is 0 Å². The van der Waals surface area contributed by atoms with E-state index in [1.54, 1.807) is 6.07 Å². The molecule has 1 aliphatic heterocycles. The minimum Gasteiger partial charge on any atom is -0.326 e. The lowest BCUT2D eigenvalue weighted by molar-refractivity contribution is 0.175. The average molecular weight is 325 g/mol. The van der Waals surface area contributed by atoms with Crippen LogP contribution < -0.4 is 11.1 Å². The van der Waals surface area contributed by atoms with Crippen molar-refractivity contribution in [1.29, 1.82) is 0 Å². The molecule has 1 heterocycles. The SMILES string of the molecule is CC1(CC2NCC(c3cccc(Cl)c3F)C2N)CCCCC1. The fraction of sp³-hybridized carbons (Fsp3) is 0.667. The highest BCUT2D eigenvalue weighted by molar-refractivity contribution is 6.30. The number of nitrogens with two attached hydrogens (primary N) is 1.